The Balaban J connectivity index is 1.77. The van der Waals surface area contributed by atoms with Crippen LogP contribution in [0.2, 0.25) is 0 Å². The van der Waals surface area contributed by atoms with Gasteiger partial charge in [0.25, 0.3) is 0 Å². The van der Waals surface area contributed by atoms with Gasteiger partial charge in [-0.25, -0.2) is 9.59 Å². The van der Waals surface area contributed by atoms with E-state index < -0.39 is 138 Å². The smallest absolute Gasteiger partial charge is 0.340 e. The average molecular weight is 868 g/mol. The summed E-state index contributed by atoms with van der Waals surface area (Å²) in [6.07, 6.45) is -8.80. The van der Waals surface area contributed by atoms with Crippen molar-refractivity contribution in [3.8, 4) is 0 Å². The van der Waals surface area contributed by atoms with Gasteiger partial charge in [0, 0.05) is 46.7 Å². The van der Waals surface area contributed by atoms with E-state index in [0.29, 0.717) is 0 Å². The lowest BCUT2D eigenvalue weighted by atomic mass is 9.47. The van der Waals surface area contributed by atoms with Crippen molar-refractivity contribution < 1.29 is 86.1 Å². The molecule has 6 rings (SSSR count). The zero-order valence-electron chi connectivity index (χ0n) is 35.6. The molecule has 2 aliphatic carbocycles. The van der Waals surface area contributed by atoms with Crippen LogP contribution in [0.4, 0.5) is 0 Å². The minimum absolute atomic E-state index is 0.0487. The number of rotatable bonds is 8. The molecule has 3 heterocycles. The first-order chi connectivity index (χ1) is 29.0. The summed E-state index contributed by atoms with van der Waals surface area (Å²) in [6.45, 7) is 8.74. The van der Waals surface area contributed by atoms with E-state index in [1.807, 2.05) is 0 Å². The minimum Gasteiger partial charge on any atom is -0.461 e. The second-order valence-electron chi connectivity index (χ2n) is 16.4. The van der Waals surface area contributed by atoms with Gasteiger partial charge in [-0.1, -0.05) is 32.0 Å². The summed E-state index contributed by atoms with van der Waals surface area (Å²) < 4.78 is 55.3. The quantitative estimate of drug-likeness (QED) is 0.295. The number of benzene rings is 1. The number of ether oxygens (including phenoxy) is 9. The number of hydrogen-bond acceptors (Lipinski definition) is 19. The molecule has 1 aromatic carbocycles. The summed E-state index contributed by atoms with van der Waals surface area (Å²) >= 11 is 0. The minimum atomic E-state index is -2.90. The maximum absolute atomic E-state index is 14.5. The van der Waals surface area contributed by atoms with Crippen LogP contribution < -0.4 is 0 Å². The molecule has 2 aromatic rings. The number of esters is 8. The van der Waals surface area contributed by atoms with Crippen molar-refractivity contribution in [2.45, 2.75) is 121 Å². The van der Waals surface area contributed by atoms with Gasteiger partial charge in [-0.3, -0.25) is 33.8 Å². The van der Waals surface area contributed by atoms with Crippen molar-refractivity contribution >= 4 is 47.8 Å². The van der Waals surface area contributed by atoms with Gasteiger partial charge in [-0.15, -0.1) is 0 Å². The molecule has 19 nitrogen and oxygen atoms in total. The van der Waals surface area contributed by atoms with Crippen LogP contribution in [0.5, 0.6) is 0 Å². The van der Waals surface area contributed by atoms with Crippen LogP contribution in [0.25, 0.3) is 0 Å². The molecule has 0 radical (unpaired) electrons. The van der Waals surface area contributed by atoms with E-state index in [9.17, 15) is 43.5 Å². The first-order valence-corrected chi connectivity index (χ1v) is 19.9. The largest absolute Gasteiger partial charge is 0.461 e. The average Bonchev–Trinajstić information content (AvgIpc) is 3.42. The van der Waals surface area contributed by atoms with Crippen molar-refractivity contribution in [3.63, 3.8) is 0 Å². The lowest BCUT2D eigenvalue weighted by molar-refractivity contribution is -0.393. The van der Waals surface area contributed by atoms with Gasteiger partial charge in [0.05, 0.1) is 34.6 Å². The van der Waals surface area contributed by atoms with Crippen LogP contribution in [0.15, 0.2) is 48.7 Å². The van der Waals surface area contributed by atoms with E-state index >= 15 is 0 Å². The summed E-state index contributed by atoms with van der Waals surface area (Å²) in [5.41, 5.74) is -10.6. The first kappa shape index (κ1) is 45.6. The van der Waals surface area contributed by atoms with Crippen LogP contribution in [0.1, 0.15) is 94.6 Å². The van der Waals surface area contributed by atoms with E-state index in [0.717, 1.165) is 41.5 Å². The zero-order chi connectivity index (χ0) is 45.7. The molecule has 4 bridgehead atoms. The Labute approximate surface area is 355 Å². The number of carbonyl (C=O) groups is 8. The number of aromatic nitrogens is 1. The lowest BCUT2D eigenvalue weighted by Gasteiger charge is -2.67. The molecule has 0 amide bonds. The molecule has 334 valence electrons. The molecule has 62 heavy (non-hydrogen) atoms. The second kappa shape index (κ2) is 16.7. The third kappa shape index (κ3) is 7.43. The number of pyridine rings is 1. The zero-order valence-corrected chi connectivity index (χ0v) is 35.6. The molecule has 1 aromatic heterocycles. The Morgan fingerprint density at radius 3 is 1.97 bits per heavy atom. The van der Waals surface area contributed by atoms with Gasteiger partial charge in [-0.2, -0.15) is 0 Å². The molecule has 4 aliphatic rings. The van der Waals surface area contributed by atoms with E-state index in [-0.39, 0.29) is 16.8 Å². The molecule has 1 saturated heterocycles. The third-order valence-electron chi connectivity index (χ3n) is 12.3. The van der Waals surface area contributed by atoms with Crippen LogP contribution in [-0.2, 0) is 71.4 Å². The molecule has 13 atom stereocenters. The molecule has 2 saturated carbocycles. The number of nitrogens with zero attached hydrogens (tertiary/aromatic N) is 1. The Morgan fingerprint density at radius 1 is 0.774 bits per heavy atom. The Kier molecular flexibility index (Phi) is 12.3. The summed E-state index contributed by atoms with van der Waals surface area (Å²) in [5, 5.41) is 13.5. The fourth-order valence-electron chi connectivity index (χ4n) is 9.84. The standard InChI is InChI=1S/C43H49NO18/c1-20-21(2)37(50)60-35-33(57-23(4)46)36(59-25(6)48)42(61-26(7)49)29(18-54-38(51)27-14-11-10-12-15-27)32(56-22(3)45)30-34(58-24(5)47)43(42,41(35,9)53)62-40(30,8)19-55-39(52)28-16-13-17-44-31(20)28/h10-17,20-21,29-30,32-36,53H,18-19H2,1-9H3/t20-,21+,29+,30+,32+,33-,34+,35-,36-,40-,41-,42-,43-/m0/s1. The highest BCUT2D eigenvalue weighted by atomic mass is 16.7. The maximum atomic E-state index is 14.5. The fourth-order valence-corrected chi connectivity index (χ4v) is 9.84. The Bertz CT molecular complexity index is 2160. The molecule has 19 heteroatoms. The molecule has 2 aliphatic heterocycles. The third-order valence-corrected chi connectivity index (χ3v) is 12.3. The van der Waals surface area contributed by atoms with Crippen molar-refractivity contribution in [1.82, 2.24) is 4.98 Å². The van der Waals surface area contributed by atoms with Gasteiger partial charge < -0.3 is 47.7 Å². The molecular formula is C43H49NO18. The van der Waals surface area contributed by atoms with Gasteiger partial charge >= 0.3 is 47.8 Å². The predicted octanol–water partition coefficient (Wildman–Crippen LogP) is 2.33. The summed E-state index contributed by atoms with van der Waals surface area (Å²) in [4.78, 5) is 114. The van der Waals surface area contributed by atoms with Crippen molar-refractivity contribution in [1.29, 1.82) is 0 Å². The summed E-state index contributed by atoms with van der Waals surface area (Å²) in [5.74, 6) is -13.7. The molecule has 1 N–H and O–H groups in total. The fraction of sp³-hybridized carbons (Fsp3) is 0.558. The van der Waals surface area contributed by atoms with E-state index in [4.69, 9.17) is 42.6 Å². The number of carbonyl (C=O) groups excluding carboxylic acids is 8. The highest BCUT2D eigenvalue weighted by Crippen LogP contribution is 2.69. The van der Waals surface area contributed by atoms with Crippen LogP contribution in [0.3, 0.4) is 0 Å². The van der Waals surface area contributed by atoms with Crippen LogP contribution >= 0.6 is 0 Å². The molecule has 1 spiro atoms. The number of aliphatic hydroxyl groups is 1. The summed E-state index contributed by atoms with van der Waals surface area (Å²) in [6, 6.07) is 10.5. The predicted molar refractivity (Wildman–Crippen MR) is 205 cm³/mol. The highest BCUT2D eigenvalue weighted by molar-refractivity contribution is 5.91. The van der Waals surface area contributed by atoms with E-state index in [1.165, 1.54) is 44.3 Å². The monoisotopic (exact) mass is 867 g/mol. The van der Waals surface area contributed by atoms with Gasteiger partial charge in [0.2, 0.25) is 0 Å². The molecular weight excluding hydrogens is 818 g/mol. The normalized spacial score (nSPS) is 36.0. The van der Waals surface area contributed by atoms with E-state index in [1.54, 1.807) is 25.1 Å². The number of fused-ring (bicyclic) bond motifs is 5. The van der Waals surface area contributed by atoms with Crippen molar-refractivity contribution in [3.05, 3.63) is 65.5 Å². The number of hydrogen-bond donors (Lipinski definition) is 1. The maximum Gasteiger partial charge on any atom is 0.340 e. The van der Waals surface area contributed by atoms with Crippen molar-refractivity contribution in [2.24, 2.45) is 17.8 Å². The second-order valence-corrected chi connectivity index (χ2v) is 16.4. The highest BCUT2D eigenvalue weighted by Gasteiger charge is 2.92. The van der Waals surface area contributed by atoms with Gasteiger partial charge in [-0.05, 0) is 38.1 Å². The van der Waals surface area contributed by atoms with Crippen LogP contribution in [-0.4, -0.2) is 124 Å². The Hall–Kier alpha value is -5.95. The Morgan fingerprint density at radius 2 is 1.37 bits per heavy atom. The van der Waals surface area contributed by atoms with Gasteiger partial charge in [0.15, 0.2) is 29.5 Å². The van der Waals surface area contributed by atoms with Gasteiger partial charge in [0.1, 0.15) is 36.6 Å². The SMILES string of the molecule is CC(=O)O[C@@H]1[C@H](OC(C)=O)[C@@]2(OC(C)=O)[C@H](COC(=O)c3ccccc3)[C@@H](OC(C)=O)[C@@H]3[C@@H](OC(C)=O)[C@@]24O[C@@]3(C)COC(=O)c2cccnc2[C@@H](C)[C@@H](C)C(=O)O[C@@H]1[C@]4(C)O. The number of cyclic esters (lactones) is 1. The summed E-state index contributed by atoms with van der Waals surface area (Å²) in [7, 11) is 0. The lowest BCUT2D eigenvalue weighted by Crippen LogP contribution is -2.91. The topological polar surface area (TPSA) is 253 Å². The van der Waals surface area contributed by atoms with E-state index in [2.05, 4.69) is 4.98 Å². The molecule has 3 fully saturated rings. The van der Waals surface area contributed by atoms with Crippen molar-refractivity contribution in [2.75, 3.05) is 13.2 Å². The first-order valence-electron chi connectivity index (χ1n) is 19.9. The molecule has 0 unspecified atom stereocenters. The van der Waals surface area contributed by atoms with Crippen LogP contribution in [0, 0.1) is 17.8 Å².